The van der Waals surface area contributed by atoms with Crippen LogP contribution in [0.25, 0.3) is 0 Å². The van der Waals surface area contributed by atoms with Gasteiger partial charge in [0.25, 0.3) is 0 Å². The van der Waals surface area contributed by atoms with Crippen molar-refractivity contribution in [3.63, 3.8) is 0 Å². The number of aryl methyl sites for hydroxylation is 1. The molecule has 0 radical (unpaired) electrons. The van der Waals surface area contributed by atoms with Crippen molar-refractivity contribution < 1.29 is 4.79 Å². The Morgan fingerprint density at radius 2 is 1.80 bits per heavy atom. The lowest BCUT2D eigenvalue weighted by atomic mass is 9.93. The molecule has 0 fully saturated rings. The third kappa shape index (κ3) is 3.08. The van der Waals surface area contributed by atoms with Gasteiger partial charge in [-0.1, -0.05) is 36.8 Å². The topological polar surface area (TPSA) is 29.1 Å². The Morgan fingerprint density at radius 3 is 2.27 bits per heavy atom. The number of hydrogen-bond donors (Lipinski definition) is 1. The predicted octanol–water partition coefficient (Wildman–Crippen LogP) is 2.76. The van der Waals surface area contributed by atoms with Crippen molar-refractivity contribution in [1.29, 1.82) is 0 Å². The average Bonchev–Trinajstić information content (AvgIpc) is 2.17. The van der Waals surface area contributed by atoms with Gasteiger partial charge >= 0.3 is 0 Å². The molecule has 15 heavy (non-hydrogen) atoms. The van der Waals surface area contributed by atoms with Crippen molar-refractivity contribution in [2.75, 3.05) is 0 Å². The monoisotopic (exact) mass is 205 g/mol. The molecule has 0 aliphatic rings. The first-order valence-corrected chi connectivity index (χ1v) is 5.34. The van der Waals surface area contributed by atoms with E-state index in [2.05, 4.69) is 36.5 Å². The van der Waals surface area contributed by atoms with Crippen LogP contribution in [-0.2, 0) is 10.3 Å². The molecular formula is C13H19NO. The van der Waals surface area contributed by atoms with E-state index in [1.165, 1.54) is 5.56 Å². The molecule has 1 N–H and O–H groups in total. The number of nitrogens with one attached hydrogen (secondary N) is 1. The molecule has 0 aliphatic heterocycles. The third-order valence-electron chi connectivity index (χ3n) is 2.55. The molecule has 0 saturated heterocycles. The average molecular weight is 205 g/mol. The fourth-order valence-electron chi connectivity index (χ4n) is 1.48. The summed E-state index contributed by atoms with van der Waals surface area (Å²) < 4.78 is 0. The smallest absolute Gasteiger partial charge is 0.220 e. The zero-order chi connectivity index (χ0) is 11.5. The summed E-state index contributed by atoms with van der Waals surface area (Å²) in [6, 6.07) is 8.25. The maximum Gasteiger partial charge on any atom is 0.220 e. The van der Waals surface area contributed by atoms with Crippen LogP contribution >= 0.6 is 0 Å². The number of rotatable bonds is 3. The van der Waals surface area contributed by atoms with E-state index in [0.717, 1.165) is 5.56 Å². The molecule has 1 rings (SSSR count). The number of amides is 1. The van der Waals surface area contributed by atoms with E-state index in [9.17, 15) is 4.79 Å². The number of benzene rings is 1. The summed E-state index contributed by atoms with van der Waals surface area (Å²) in [6.45, 7) is 7.96. The van der Waals surface area contributed by atoms with Crippen LogP contribution in [-0.4, -0.2) is 5.91 Å². The van der Waals surface area contributed by atoms with Crippen molar-refractivity contribution in [3.8, 4) is 0 Å². The van der Waals surface area contributed by atoms with Crippen LogP contribution in [0.3, 0.4) is 0 Å². The van der Waals surface area contributed by atoms with Gasteiger partial charge in [-0.15, -0.1) is 0 Å². The highest BCUT2D eigenvalue weighted by Crippen LogP contribution is 2.20. The van der Waals surface area contributed by atoms with Crippen LogP contribution < -0.4 is 5.32 Å². The fourth-order valence-corrected chi connectivity index (χ4v) is 1.48. The molecule has 0 heterocycles. The summed E-state index contributed by atoms with van der Waals surface area (Å²) in [5, 5.41) is 3.00. The number of carbonyl (C=O) groups excluding carboxylic acids is 1. The van der Waals surface area contributed by atoms with Crippen molar-refractivity contribution in [1.82, 2.24) is 5.32 Å². The van der Waals surface area contributed by atoms with E-state index in [1.807, 2.05) is 20.8 Å². The minimum Gasteiger partial charge on any atom is -0.347 e. The Morgan fingerprint density at radius 1 is 1.27 bits per heavy atom. The van der Waals surface area contributed by atoms with Gasteiger partial charge in [-0.3, -0.25) is 4.79 Å². The molecule has 2 nitrogen and oxygen atoms in total. The SMILES string of the molecule is CCC(=O)NC(C)(C)c1ccc(C)cc1. The van der Waals surface area contributed by atoms with Crippen LogP contribution in [0, 0.1) is 6.92 Å². The molecule has 0 aromatic heterocycles. The Labute approximate surface area is 91.7 Å². The summed E-state index contributed by atoms with van der Waals surface area (Å²) in [7, 11) is 0. The minimum atomic E-state index is -0.291. The molecule has 1 aromatic carbocycles. The van der Waals surface area contributed by atoms with Gasteiger partial charge in [-0.25, -0.2) is 0 Å². The van der Waals surface area contributed by atoms with Crippen LogP contribution in [0.2, 0.25) is 0 Å². The first-order valence-electron chi connectivity index (χ1n) is 5.34. The van der Waals surface area contributed by atoms with Gasteiger partial charge in [0.05, 0.1) is 5.54 Å². The van der Waals surface area contributed by atoms with Gasteiger partial charge in [-0.05, 0) is 26.3 Å². The number of carbonyl (C=O) groups is 1. The van der Waals surface area contributed by atoms with Crippen molar-refractivity contribution in [3.05, 3.63) is 35.4 Å². The van der Waals surface area contributed by atoms with Gasteiger partial charge in [0.15, 0.2) is 0 Å². The van der Waals surface area contributed by atoms with Crippen molar-refractivity contribution in [2.24, 2.45) is 0 Å². The van der Waals surface area contributed by atoms with E-state index in [1.54, 1.807) is 0 Å². The summed E-state index contributed by atoms with van der Waals surface area (Å²) >= 11 is 0. The molecule has 0 bridgehead atoms. The highest BCUT2D eigenvalue weighted by atomic mass is 16.1. The summed E-state index contributed by atoms with van der Waals surface area (Å²) in [6.07, 6.45) is 0.523. The lowest BCUT2D eigenvalue weighted by molar-refractivity contribution is -0.122. The molecule has 0 saturated carbocycles. The van der Waals surface area contributed by atoms with Crippen LogP contribution in [0.15, 0.2) is 24.3 Å². The lowest BCUT2D eigenvalue weighted by Crippen LogP contribution is -2.40. The van der Waals surface area contributed by atoms with Gasteiger partial charge in [0.2, 0.25) is 5.91 Å². The maximum absolute atomic E-state index is 11.4. The molecule has 0 atom stereocenters. The van der Waals surface area contributed by atoms with E-state index >= 15 is 0 Å². The second-order valence-electron chi connectivity index (χ2n) is 4.39. The standard InChI is InChI=1S/C13H19NO/c1-5-12(15)14-13(3,4)11-8-6-10(2)7-9-11/h6-9H,5H2,1-4H3,(H,14,15). The minimum absolute atomic E-state index is 0.0839. The Balaban J connectivity index is 2.85. The second kappa shape index (κ2) is 4.47. The highest BCUT2D eigenvalue weighted by molar-refractivity contribution is 5.76. The van der Waals surface area contributed by atoms with E-state index in [0.29, 0.717) is 6.42 Å². The normalized spacial score (nSPS) is 11.2. The van der Waals surface area contributed by atoms with Crippen molar-refractivity contribution >= 4 is 5.91 Å². The third-order valence-corrected chi connectivity index (χ3v) is 2.55. The molecular weight excluding hydrogens is 186 g/mol. The Kier molecular flexibility index (Phi) is 3.51. The van der Waals surface area contributed by atoms with Gasteiger partial charge in [-0.2, -0.15) is 0 Å². The van der Waals surface area contributed by atoms with Gasteiger partial charge in [0, 0.05) is 6.42 Å². The molecule has 0 aliphatic carbocycles. The Bertz CT molecular complexity index is 338. The van der Waals surface area contributed by atoms with E-state index in [4.69, 9.17) is 0 Å². The summed E-state index contributed by atoms with van der Waals surface area (Å²) in [5.74, 6) is 0.0839. The lowest BCUT2D eigenvalue weighted by Gasteiger charge is -2.26. The molecule has 1 aromatic rings. The predicted molar refractivity (Wildman–Crippen MR) is 62.6 cm³/mol. The zero-order valence-corrected chi connectivity index (χ0v) is 9.92. The highest BCUT2D eigenvalue weighted by Gasteiger charge is 2.21. The van der Waals surface area contributed by atoms with Crippen LogP contribution in [0.5, 0.6) is 0 Å². The molecule has 1 amide bonds. The first kappa shape index (κ1) is 11.8. The molecule has 82 valence electrons. The maximum atomic E-state index is 11.4. The first-order chi connectivity index (χ1) is 6.95. The molecule has 2 heteroatoms. The second-order valence-corrected chi connectivity index (χ2v) is 4.39. The molecule has 0 unspecified atom stereocenters. The molecule has 0 spiro atoms. The van der Waals surface area contributed by atoms with Crippen LogP contribution in [0.4, 0.5) is 0 Å². The van der Waals surface area contributed by atoms with E-state index < -0.39 is 0 Å². The summed E-state index contributed by atoms with van der Waals surface area (Å²) in [5.41, 5.74) is 2.08. The van der Waals surface area contributed by atoms with E-state index in [-0.39, 0.29) is 11.4 Å². The largest absolute Gasteiger partial charge is 0.347 e. The zero-order valence-electron chi connectivity index (χ0n) is 9.92. The summed E-state index contributed by atoms with van der Waals surface area (Å²) in [4.78, 5) is 11.4. The van der Waals surface area contributed by atoms with Crippen molar-refractivity contribution in [2.45, 2.75) is 39.7 Å². The Hall–Kier alpha value is -1.31. The van der Waals surface area contributed by atoms with Crippen LogP contribution in [0.1, 0.15) is 38.3 Å². The fraction of sp³-hybridized carbons (Fsp3) is 0.462. The van der Waals surface area contributed by atoms with Gasteiger partial charge < -0.3 is 5.32 Å². The quantitative estimate of drug-likeness (QED) is 0.807. The number of hydrogen-bond acceptors (Lipinski definition) is 1. The van der Waals surface area contributed by atoms with Gasteiger partial charge in [0.1, 0.15) is 0 Å².